The van der Waals surface area contributed by atoms with Crippen LogP contribution in [0.1, 0.15) is 11.1 Å². The molecule has 14 heteroatoms. The summed E-state index contributed by atoms with van der Waals surface area (Å²) >= 11 is 0. The van der Waals surface area contributed by atoms with Crippen LogP contribution >= 0.6 is 0 Å². The maximum absolute atomic E-state index is 14.6. The summed E-state index contributed by atoms with van der Waals surface area (Å²) in [5.74, 6) is -3.33. The smallest absolute Gasteiger partial charge is 0.461 e. The predicted octanol–water partition coefficient (Wildman–Crippen LogP) is 2.48. The number of hydrogen-bond donors (Lipinski definition) is 1. The molecule has 3 aromatic rings. The van der Waals surface area contributed by atoms with Gasteiger partial charge in [0.25, 0.3) is 0 Å². The Bertz CT molecular complexity index is 1210. The third-order valence-corrected chi connectivity index (χ3v) is 4.94. The van der Waals surface area contributed by atoms with Gasteiger partial charge < -0.3 is 14.9 Å². The van der Waals surface area contributed by atoms with Gasteiger partial charge in [-0.2, -0.15) is 22.7 Å². The second kappa shape index (κ2) is 10.1. The molecule has 8 nitrogen and oxygen atoms in total. The van der Waals surface area contributed by atoms with Gasteiger partial charge in [-0.15, -0.1) is 0 Å². The Morgan fingerprint density at radius 2 is 1.83 bits per heavy atom. The highest BCUT2D eigenvalue weighted by Crippen LogP contribution is 2.30. The number of aliphatic hydroxyl groups is 1. The molecule has 1 aromatic heterocycles. The predicted molar refractivity (Wildman–Crippen MR) is 112 cm³/mol. The highest BCUT2D eigenvalue weighted by Gasteiger charge is 2.44. The van der Waals surface area contributed by atoms with Gasteiger partial charge in [0.05, 0.1) is 26.5 Å². The zero-order valence-electron chi connectivity index (χ0n) is 19.0. The van der Waals surface area contributed by atoms with Crippen LogP contribution in [0.2, 0.25) is 0 Å². The molecule has 36 heavy (non-hydrogen) atoms. The molecule has 0 saturated heterocycles. The first-order valence-corrected chi connectivity index (χ1v) is 10.3. The number of rotatable bonds is 10. The third-order valence-electron chi connectivity index (χ3n) is 4.94. The van der Waals surface area contributed by atoms with Gasteiger partial charge in [0.15, 0.2) is 5.60 Å². The van der Waals surface area contributed by atoms with E-state index in [9.17, 15) is 36.6 Å². The molecule has 0 aliphatic carbocycles. The summed E-state index contributed by atoms with van der Waals surface area (Å²) in [7, 11) is 2.85. The number of alkyl halides is 4. The first kappa shape index (κ1) is 26.9. The molecular formula is C22H21F6N5O3. The summed E-state index contributed by atoms with van der Waals surface area (Å²) in [6.07, 6.45) is -6.29. The van der Waals surface area contributed by atoms with E-state index >= 15 is 0 Å². The Balaban J connectivity index is 1.87. The molecule has 0 aliphatic heterocycles. The number of quaternary nitrogens is 1. The maximum atomic E-state index is 14.6. The molecular weight excluding hydrogens is 496 g/mol. The fourth-order valence-corrected chi connectivity index (χ4v) is 3.52. The zero-order chi connectivity index (χ0) is 26.7. The van der Waals surface area contributed by atoms with Gasteiger partial charge in [-0.3, -0.25) is 0 Å². The highest BCUT2D eigenvalue weighted by atomic mass is 19.3. The molecule has 0 aliphatic rings. The molecule has 1 atom stereocenters. The molecule has 0 spiro atoms. The lowest BCUT2D eigenvalue weighted by Gasteiger charge is -2.35. The fraction of sp³-hybridized carbons (Fsp3) is 0.318. The minimum Gasteiger partial charge on any atom is -0.855 e. The fourth-order valence-electron chi connectivity index (χ4n) is 3.52. The van der Waals surface area contributed by atoms with Crippen molar-refractivity contribution in [3.8, 4) is 5.75 Å². The second-order valence-electron chi connectivity index (χ2n) is 8.42. The van der Waals surface area contributed by atoms with Crippen LogP contribution in [-0.2, 0) is 12.1 Å². The summed E-state index contributed by atoms with van der Waals surface area (Å²) in [4.78, 5) is 3.77. The molecule has 0 fully saturated rings. The Labute approximate surface area is 201 Å². The Morgan fingerprint density at radius 3 is 2.39 bits per heavy atom. The van der Waals surface area contributed by atoms with Gasteiger partial charge in [0.1, 0.15) is 36.6 Å². The zero-order valence-corrected chi connectivity index (χ0v) is 19.0. The first-order chi connectivity index (χ1) is 16.7. The van der Waals surface area contributed by atoms with Crippen molar-refractivity contribution in [2.75, 3.05) is 20.6 Å². The van der Waals surface area contributed by atoms with Gasteiger partial charge in [0, 0.05) is 11.6 Å². The van der Waals surface area contributed by atoms with E-state index < -0.39 is 46.0 Å². The van der Waals surface area contributed by atoms with Crippen LogP contribution in [0.25, 0.3) is 0 Å². The van der Waals surface area contributed by atoms with Crippen LogP contribution in [0, 0.1) is 11.6 Å². The average molecular weight is 517 g/mol. The van der Waals surface area contributed by atoms with E-state index in [4.69, 9.17) is 0 Å². The van der Waals surface area contributed by atoms with Crippen molar-refractivity contribution < 1.29 is 45.9 Å². The lowest BCUT2D eigenvalue weighted by atomic mass is 9.92. The lowest BCUT2D eigenvalue weighted by Crippen LogP contribution is -2.50. The van der Waals surface area contributed by atoms with Crippen LogP contribution in [0.5, 0.6) is 5.75 Å². The molecule has 1 heterocycles. The van der Waals surface area contributed by atoms with Gasteiger partial charge in [-0.05, 0) is 29.8 Å². The van der Waals surface area contributed by atoms with E-state index in [1.807, 2.05) is 0 Å². The van der Waals surface area contributed by atoms with E-state index in [0.717, 1.165) is 36.4 Å². The molecule has 194 valence electrons. The second-order valence-corrected chi connectivity index (χ2v) is 8.42. The van der Waals surface area contributed by atoms with E-state index in [1.54, 1.807) is 0 Å². The highest BCUT2D eigenvalue weighted by molar-refractivity contribution is 5.90. The van der Waals surface area contributed by atoms with Crippen molar-refractivity contribution in [2.45, 2.75) is 24.7 Å². The summed E-state index contributed by atoms with van der Waals surface area (Å²) < 4.78 is 83.4. The van der Waals surface area contributed by atoms with Crippen molar-refractivity contribution in [3.63, 3.8) is 0 Å². The monoisotopic (exact) mass is 517 g/mol. The van der Waals surface area contributed by atoms with Gasteiger partial charge in [0.2, 0.25) is 0 Å². The number of ether oxygens (including phenoxy) is 1. The maximum Gasteiger partial charge on any atom is 0.461 e. The van der Waals surface area contributed by atoms with Crippen molar-refractivity contribution in [2.24, 2.45) is 5.10 Å². The van der Waals surface area contributed by atoms with Crippen LogP contribution in [0.4, 0.5) is 26.3 Å². The van der Waals surface area contributed by atoms with Crippen LogP contribution in [-0.4, -0.2) is 63.5 Å². The Kier molecular flexibility index (Phi) is 7.59. The molecule has 3 rings (SSSR count). The van der Waals surface area contributed by atoms with Crippen LogP contribution in [0.3, 0.4) is 0 Å². The molecule has 0 bridgehead atoms. The molecule has 2 aromatic carbocycles. The van der Waals surface area contributed by atoms with Crippen LogP contribution in [0.15, 0.2) is 60.2 Å². The Morgan fingerprint density at radius 1 is 1.17 bits per heavy atom. The lowest BCUT2D eigenvalue weighted by molar-refractivity contribution is -0.905. The van der Waals surface area contributed by atoms with E-state index in [0.29, 0.717) is 6.07 Å². The third kappa shape index (κ3) is 6.51. The van der Waals surface area contributed by atoms with Gasteiger partial charge in [-0.1, -0.05) is 17.2 Å². The largest absolute Gasteiger partial charge is 0.855 e. The van der Waals surface area contributed by atoms with Crippen molar-refractivity contribution >= 4 is 5.90 Å². The summed E-state index contributed by atoms with van der Waals surface area (Å²) in [6, 6.07) is 6.52. The number of nitrogens with zero attached hydrogens (tertiary/aromatic N) is 5. The molecule has 0 amide bonds. The normalized spacial score (nSPS) is 14.7. The molecule has 1 unspecified atom stereocenters. The van der Waals surface area contributed by atoms with Gasteiger partial charge >= 0.3 is 12.5 Å². The average Bonchev–Trinajstić information content (AvgIpc) is 3.25. The number of benzene rings is 2. The van der Waals surface area contributed by atoms with Crippen LogP contribution < -0.4 is 9.84 Å². The summed E-state index contributed by atoms with van der Waals surface area (Å²) in [5.41, 5.74) is -2.39. The van der Waals surface area contributed by atoms with E-state index in [2.05, 4.69) is 19.9 Å². The van der Waals surface area contributed by atoms with Crippen molar-refractivity contribution in [3.05, 3.63) is 77.9 Å². The van der Waals surface area contributed by atoms with Crippen molar-refractivity contribution in [1.82, 2.24) is 14.8 Å². The topological polar surface area (TPSA) is 95.6 Å². The van der Waals surface area contributed by atoms with Crippen molar-refractivity contribution in [1.29, 1.82) is 0 Å². The number of likely N-dealkylation sites (N-methyl/N-ethyl adjacent to an activating group) is 1. The van der Waals surface area contributed by atoms with Gasteiger partial charge in [-0.25, -0.2) is 23.0 Å². The molecule has 0 saturated carbocycles. The number of aromatic nitrogens is 3. The minimum atomic E-state index is -4.71. The standard InChI is InChI=1S/C22H21F6N5O3/c1-33(2,31-19(34)14-3-6-16(7-4-14)36-22(27,28)20(25)26)11-21(35,10-32-13-29-12-30-32)17-8-5-15(23)9-18(17)24/h3-9,12-13,20,35H,10-11H2,1-2H3. The quantitative estimate of drug-likeness (QED) is 0.147. The number of halogens is 6. The minimum absolute atomic E-state index is 0.0957. The van der Waals surface area contributed by atoms with E-state index in [-0.39, 0.29) is 24.2 Å². The first-order valence-electron chi connectivity index (χ1n) is 10.3. The Hall–Kier alpha value is -3.65. The summed E-state index contributed by atoms with van der Waals surface area (Å²) in [6.45, 7) is -0.700. The SMILES string of the molecule is C[N+](C)(CC(O)(Cn1cncn1)c1ccc(F)cc1F)/N=C(/[O-])c1ccc(OC(F)(F)C(F)F)cc1. The van der Waals surface area contributed by atoms with E-state index in [1.165, 1.54) is 31.4 Å². The summed E-state index contributed by atoms with van der Waals surface area (Å²) in [5, 5.41) is 32.0. The number of hydrogen-bond acceptors (Lipinski definition) is 6. The molecule has 1 N–H and O–H groups in total. The molecule has 0 radical (unpaired) electrons.